The number of aromatic amines is 1. The van der Waals surface area contributed by atoms with E-state index in [0.717, 1.165) is 16.7 Å². The molecule has 222 valence electrons. The molecule has 0 saturated carbocycles. The summed E-state index contributed by atoms with van der Waals surface area (Å²) in [7, 11) is 4.64. The summed E-state index contributed by atoms with van der Waals surface area (Å²) >= 11 is 0. The Morgan fingerprint density at radius 2 is 1.47 bits per heavy atom. The van der Waals surface area contributed by atoms with Crippen LogP contribution in [0.4, 0.5) is 0 Å². The van der Waals surface area contributed by atoms with E-state index in [1.807, 2.05) is 78.9 Å². The highest BCUT2D eigenvalue weighted by atomic mass is 16.6. The van der Waals surface area contributed by atoms with Crippen molar-refractivity contribution in [3.8, 4) is 11.5 Å². The van der Waals surface area contributed by atoms with Crippen LogP contribution in [0.1, 0.15) is 22.9 Å². The fraction of sp³-hybridized carbons (Fsp3) is 0.281. The Morgan fingerprint density at radius 1 is 0.884 bits per heavy atom. The third-order valence-electron chi connectivity index (χ3n) is 8.24. The average molecular weight is 585 g/mol. The van der Waals surface area contributed by atoms with Gasteiger partial charge in [0.2, 0.25) is 0 Å². The second-order valence-electron chi connectivity index (χ2n) is 10.3. The summed E-state index contributed by atoms with van der Waals surface area (Å²) in [5, 5.41) is 24.3. The number of H-pyrrole nitrogens is 1. The maximum absolute atomic E-state index is 12.6. The summed E-state index contributed by atoms with van der Waals surface area (Å²) in [5.41, 5.74) is 0.998. The fourth-order valence-corrected chi connectivity index (χ4v) is 6.13. The minimum Gasteiger partial charge on any atom is -0.497 e. The third kappa shape index (κ3) is 4.66. The van der Waals surface area contributed by atoms with Crippen molar-refractivity contribution >= 4 is 11.2 Å². The first kappa shape index (κ1) is 28.6. The molecule has 2 aromatic heterocycles. The molecule has 1 fully saturated rings. The zero-order valence-electron chi connectivity index (χ0n) is 23.8. The van der Waals surface area contributed by atoms with Crippen molar-refractivity contribution in [3.05, 3.63) is 119 Å². The second-order valence-corrected chi connectivity index (χ2v) is 10.3. The van der Waals surface area contributed by atoms with Crippen molar-refractivity contribution in [2.45, 2.75) is 36.1 Å². The summed E-state index contributed by atoms with van der Waals surface area (Å²) < 4.78 is 24.6. The molecular formula is C32H32N4O7. The van der Waals surface area contributed by atoms with Crippen molar-refractivity contribution in [3.63, 3.8) is 0 Å². The molecule has 3 aromatic carbocycles. The van der Waals surface area contributed by atoms with Gasteiger partial charge in [-0.3, -0.25) is 9.36 Å². The lowest BCUT2D eigenvalue weighted by Crippen LogP contribution is -2.52. The topological polar surface area (TPSA) is 141 Å². The first-order valence-electron chi connectivity index (χ1n) is 13.7. The van der Waals surface area contributed by atoms with Gasteiger partial charge >= 0.3 is 0 Å². The van der Waals surface area contributed by atoms with Crippen molar-refractivity contribution in [2.75, 3.05) is 21.3 Å². The van der Waals surface area contributed by atoms with Gasteiger partial charge in [-0.2, -0.15) is 0 Å². The Hall–Kier alpha value is -4.55. The van der Waals surface area contributed by atoms with Crippen LogP contribution in [0, 0.1) is 0 Å². The van der Waals surface area contributed by atoms with E-state index in [9.17, 15) is 15.0 Å². The van der Waals surface area contributed by atoms with E-state index in [0.29, 0.717) is 11.5 Å². The standard InChI is InChI=1S/C32H32N4O7/c1-40-22-13-9-20(10-14-22)32(19-7-5-4-6-8-19,21-11-15-23(41-2)16-12-21)28(38)26-25(37)27(42-3)31(43-26)36-18-35-24-29(36)33-17-34-30(24)39/h4-18,25-28,31,37-38H,1-3H3,(H,33,34,39)/t25-,26+,27-,28?,31-/m1/s1. The molecule has 0 aliphatic carbocycles. The van der Waals surface area contributed by atoms with Gasteiger partial charge in [0.25, 0.3) is 5.56 Å². The van der Waals surface area contributed by atoms with Crippen LogP contribution in [0.15, 0.2) is 96.3 Å². The van der Waals surface area contributed by atoms with Crippen molar-refractivity contribution in [2.24, 2.45) is 0 Å². The van der Waals surface area contributed by atoms with Crippen LogP contribution >= 0.6 is 0 Å². The van der Waals surface area contributed by atoms with E-state index in [2.05, 4.69) is 15.0 Å². The number of hydrogen-bond acceptors (Lipinski definition) is 9. The highest BCUT2D eigenvalue weighted by Crippen LogP contribution is 2.47. The highest BCUT2D eigenvalue weighted by molar-refractivity contribution is 5.69. The number of benzene rings is 3. The number of nitrogens with zero attached hydrogens (tertiary/aromatic N) is 3. The van der Waals surface area contributed by atoms with Gasteiger partial charge < -0.3 is 34.1 Å². The molecule has 1 aliphatic rings. The van der Waals surface area contributed by atoms with Gasteiger partial charge in [-0.15, -0.1) is 0 Å². The number of aliphatic hydroxyl groups is 2. The summed E-state index contributed by atoms with van der Waals surface area (Å²) in [4.78, 5) is 23.3. The number of ether oxygens (including phenoxy) is 4. The van der Waals surface area contributed by atoms with Crippen molar-refractivity contribution < 1.29 is 29.2 Å². The van der Waals surface area contributed by atoms with Crippen molar-refractivity contribution in [1.82, 2.24) is 19.5 Å². The SMILES string of the molecule is COc1ccc(C(c2ccccc2)(c2ccc(OC)cc2)C(O)[C@H]2O[C@@H](n3cnc4c(=O)[nH]cnc43)[C@H](OC)[C@@H]2O)cc1. The number of methoxy groups -OCH3 is 3. The lowest BCUT2D eigenvalue weighted by molar-refractivity contribution is -0.0979. The first-order chi connectivity index (χ1) is 20.9. The van der Waals surface area contributed by atoms with Crippen LogP contribution in [-0.4, -0.2) is 75.5 Å². The van der Waals surface area contributed by atoms with E-state index in [1.54, 1.807) is 18.8 Å². The van der Waals surface area contributed by atoms with Gasteiger partial charge in [0.15, 0.2) is 17.4 Å². The molecule has 11 nitrogen and oxygen atoms in total. The molecule has 0 bridgehead atoms. The number of rotatable bonds is 9. The van der Waals surface area contributed by atoms with E-state index in [1.165, 1.54) is 19.8 Å². The molecule has 1 aliphatic heterocycles. The van der Waals surface area contributed by atoms with Gasteiger partial charge in [-0.1, -0.05) is 54.6 Å². The molecule has 1 unspecified atom stereocenters. The lowest BCUT2D eigenvalue weighted by Gasteiger charge is -2.42. The van der Waals surface area contributed by atoms with Crippen LogP contribution in [0.2, 0.25) is 0 Å². The molecule has 0 amide bonds. The Labute approximate surface area is 247 Å². The molecule has 5 aromatic rings. The monoisotopic (exact) mass is 584 g/mol. The predicted molar refractivity (Wildman–Crippen MR) is 157 cm³/mol. The zero-order valence-corrected chi connectivity index (χ0v) is 23.8. The Balaban J connectivity index is 1.53. The highest BCUT2D eigenvalue weighted by Gasteiger charge is 2.56. The summed E-state index contributed by atoms with van der Waals surface area (Å²) in [5.74, 6) is 1.31. The maximum Gasteiger partial charge on any atom is 0.278 e. The molecular weight excluding hydrogens is 552 g/mol. The quantitative estimate of drug-likeness (QED) is 0.223. The summed E-state index contributed by atoms with van der Waals surface area (Å²) in [6.45, 7) is 0. The van der Waals surface area contributed by atoms with Gasteiger partial charge in [0.1, 0.15) is 35.9 Å². The molecule has 0 spiro atoms. The largest absolute Gasteiger partial charge is 0.497 e. The van der Waals surface area contributed by atoms with Crippen LogP contribution in [0.3, 0.4) is 0 Å². The number of aliphatic hydroxyl groups excluding tert-OH is 2. The van der Waals surface area contributed by atoms with E-state index < -0.39 is 41.6 Å². The van der Waals surface area contributed by atoms with Crippen LogP contribution in [0.5, 0.6) is 11.5 Å². The van der Waals surface area contributed by atoms with Gasteiger partial charge in [0, 0.05) is 7.11 Å². The van der Waals surface area contributed by atoms with Gasteiger partial charge in [-0.25, -0.2) is 9.97 Å². The second kappa shape index (κ2) is 11.6. The minimum absolute atomic E-state index is 0.120. The minimum atomic E-state index is -1.35. The molecule has 3 N–H and O–H groups in total. The number of aromatic nitrogens is 4. The van der Waals surface area contributed by atoms with Gasteiger partial charge in [0.05, 0.1) is 32.3 Å². The zero-order chi connectivity index (χ0) is 30.1. The molecule has 3 heterocycles. The van der Waals surface area contributed by atoms with Crippen LogP contribution in [0.25, 0.3) is 11.2 Å². The molecule has 0 radical (unpaired) electrons. The van der Waals surface area contributed by atoms with E-state index >= 15 is 0 Å². The lowest BCUT2D eigenvalue weighted by atomic mass is 9.64. The molecule has 6 rings (SSSR count). The number of imidazole rings is 1. The number of hydrogen-bond donors (Lipinski definition) is 3. The Morgan fingerprint density at radius 3 is 2.02 bits per heavy atom. The predicted octanol–water partition coefficient (Wildman–Crippen LogP) is 2.81. The van der Waals surface area contributed by atoms with E-state index in [4.69, 9.17) is 18.9 Å². The average Bonchev–Trinajstić information content (AvgIpc) is 3.63. The third-order valence-corrected chi connectivity index (χ3v) is 8.24. The molecule has 1 saturated heterocycles. The van der Waals surface area contributed by atoms with Crippen molar-refractivity contribution in [1.29, 1.82) is 0 Å². The number of fused-ring (bicyclic) bond motifs is 1. The first-order valence-corrected chi connectivity index (χ1v) is 13.7. The Bertz CT molecular complexity index is 1690. The van der Waals surface area contributed by atoms with Gasteiger partial charge in [-0.05, 0) is 41.0 Å². The molecule has 5 atom stereocenters. The van der Waals surface area contributed by atoms with E-state index in [-0.39, 0.29) is 11.2 Å². The van der Waals surface area contributed by atoms with Crippen LogP contribution in [-0.2, 0) is 14.9 Å². The molecule has 11 heteroatoms. The summed E-state index contributed by atoms with van der Waals surface area (Å²) in [6.07, 6.45) is -2.95. The number of nitrogens with one attached hydrogen (secondary N) is 1. The summed E-state index contributed by atoms with van der Waals surface area (Å²) in [6, 6.07) is 24.5. The maximum atomic E-state index is 12.6. The fourth-order valence-electron chi connectivity index (χ4n) is 6.13. The Kier molecular flexibility index (Phi) is 7.72. The smallest absolute Gasteiger partial charge is 0.278 e. The van der Waals surface area contributed by atoms with Crippen LogP contribution < -0.4 is 15.0 Å². The normalized spacial score (nSPS) is 21.1. The molecule has 43 heavy (non-hydrogen) atoms.